The summed E-state index contributed by atoms with van der Waals surface area (Å²) in [6.07, 6.45) is 6.25. The Kier molecular flexibility index (Phi) is 3.34. The van der Waals surface area contributed by atoms with Gasteiger partial charge in [-0.1, -0.05) is 19.9 Å². The molecule has 0 spiro atoms. The van der Waals surface area contributed by atoms with Crippen LogP contribution in [0.15, 0.2) is 30.6 Å². The largest absolute Gasteiger partial charge is 0.309 e. The first-order chi connectivity index (χ1) is 9.25. The van der Waals surface area contributed by atoms with Crippen molar-refractivity contribution < 1.29 is 0 Å². The summed E-state index contributed by atoms with van der Waals surface area (Å²) in [7, 11) is 0. The molecule has 4 heteroatoms. The van der Waals surface area contributed by atoms with E-state index in [2.05, 4.69) is 40.8 Å². The van der Waals surface area contributed by atoms with E-state index >= 15 is 0 Å². The second-order valence-electron chi connectivity index (χ2n) is 5.38. The van der Waals surface area contributed by atoms with Crippen LogP contribution in [-0.4, -0.2) is 21.1 Å². The first kappa shape index (κ1) is 12.4. The monoisotopic (exact) mass is 256 g/mol. The molecule has 0 aromatic carbocycles. The van der Waals surface area contributed by atoms with Crippen LogP contribution < -0.4 is 5.32 Å². The predicted molar refractivity (Wildman–Crippen MR) is 75.4 cm³/mol. The molecule has 100 valence electrons. The van der Waals surface area contributed by atoms with Gasteiger partial charge >= 0.3 is 0 Å². The quantitative estimate of drug-likeness (QED) is 0.918. The van der Waals surface area contributed by atoms with Crippen molar-refractivity contribution in [1.29, 1.82) is 0 Å². The highest BCUT2D eigenvalue weighted by Crippen LogP contribution is 2.23. The lowest BCUT2D eigenvalue weighted by Gasteiger charge is -2.13. The Balaban J connectivity index is 1.96. The SMILES string of the molecule is CC(C)c1nccn1-c1cccc([C@@H]2CCCN2)n1. The Bertz CT molecular complexity index is 553. The van der Waals surface area contributed by atoms with Crippen molar-refractivity contribution in [3.8, 4) is 5.82 Å². The highest BCUT2D eigenvalue weighted by molar-refractivity contribution is 5.28. The molecule has 1 aliphatic rings. The topological polar surface area (TPSA) is 42.7 Å². The zero-order valence-corrected chi connectivity index (χ0v) is 11.5. The van der Waals surface area contributed by atoms with E-state index in [0.29, 0.717) is 12.0 Å². The van der Waals surface area contributed by atoms with Crippen LogP contribution in [0.4, 0.5) is 0 Å². The van der Waals surface area contributed by atoms with E-state index in [-0.39, 0.29) is 0 Å². The summed E-state index contributed by atoms with van der Waals surface area (Å²) in [6.45, 7) is 5.40. The van der Waals surface area contributed by atoms with Crippen LogP contribution in [0.3, 0.4) is 0 Å². The van der Waals surface area contributed by atoms with E-state index in [0.717, 1.165) is 23.9 Å². The standard InChI is InChI=1S/C15H20N4/c1-11(2)15-17-9-10-19(15)14-7-3-5-13(18-14)12-6-4-8-16-12/h3,5,7,9-12,16H,4,6,8H2,1-2H3/t12-/m0/s1. The minimum atomic E-state index is 0.394. The molecule has 0 aliphatic carbocycles. The van der Waals surface area contributed by atoms with Crippen molar-refractivity contribution in [2.45, 2.75) is 38.6 Å². The van der Waals surface area contributed by atoms with Crippen molar-refractivity contribution in [3.63, 3.8) is 0 Å². The molecule has 1 aliphatic heterocycles. The van der Waals surface area contributed by atoms with Crippen molar-refractivity contribution in [1.82, 2.24) is 19.9 Å². The third kappa shape index (κ3) is 2.40. The maximum absolute atomic E-state index is 4.80. The molecule has 1 saturated heterocycles. The minimum Gasteiger partial charge on any atom is -0.309 e. The van der Waals surface area contributed by atoms with Crippen molar-refractivity contribution in [2.24, 2.45) is 0 Å². The highest BCUT2D eigenvalue weighted by Gasteiger charge is 2.18. The van der Waals surface area contributed by atoms with Gasteiger partial charge in [0.25, 0.3) is 0 Å². The smallest absolute Gasteiger partial charge is 0.138 e. The highest BCUT2D eigenvalue weighted by atomic mass is 15.1. The second-order valence-corrected chi connectivity index (χ2v) is 5.38. The zero-order chi connectivity index (χ0) is 13.2. The molecule has 2 aromatic rings. The number of hydrogen-bond donors (Lipinski definition) is 1. The average molecular weight is 256 g/mol. The van der Waals surface area contributed by atoms with Gasteiger partial charge in [-0.3, -0.25) is 4.57 Å². The summed E-state index contributed by atoms with van der Waals surface area (Å²) >= 11 is 0. The molecular formula is C15H20N4. The summed E-state index contributed by atoms with van der Waals surface area (Å²) in [4.78, 5) is 9.23. The molecule has 19 heavy (non-hydrogen) atoms. The van der Waals surface area contributed by atoms with Gasteiger partial charge in [-0.2, -0.15) is 0 Å². The van der Waals surface area contributed by atoms with Crippen LogP contribution in [0.2, 0.25) is 0 Å². The summed E-state index contributed by atoms with van der Waals surface area (Å²) in [5, 5.41) is 3.50. The summed E-state index contributed by atoms with van der Waals surface area (Å²) in [5.41, 5.74) is 1.14. The predicted octanol–water partition coefficient (Wildman–Crippen LogP) is 2.82. The van der Waals surface area contributed by atoms with Crippen LogP contribution in [0, 0.1) is 0 Å². The molecule has 1 fully saturated rings. The lowest BCUT2D eigenvalue weighted by molar-refractivity contribution is 0.624. The van der Waals surface area contributed by atoms with Crippen molar-refractivity contribution >= 4 is 0 Å². The van der Waals surface area contributed by atoms with E-state index in [9.17, 15) is 0 Å². The summed E-state index contributed by atoms with van der Waals surface area (Å²) < 4.78 is 2.09. The molecule has 0 radical (unpaired) electrons. The minimum absolute atomic E-state index is 0.394. The molecule has 0 unspecified atom stereocenters. The number of imidazole rings is 1. The fourth-order valence-corrected chi connectivity index (χ4v) is 2.64. The van der Waals surface area contributed by atoms with E-state index in [4.69, 9.17) is 4.98 Å². The number of nitrogens with zero attached hydrogens (tertiary/aromatic N) is 3. The van der Waals surface area contributed by atoms with Gasteiger partial charge in [-0.15, -0.1) is 0 Å². The number of nitrogens with one attached hydrogen (secondary N) is 1. The normalized spacial score (nSPS) is 19.2. The van der Waals surface area contributed by atoms with E-state index in [1.807, 2.05) is 18.5 Å². The van der Waals surface area contributed by atoms with Gasteiger partial charge in [0.1, 0.15) is 11.6 Å². The molecule has 3 rings (SSSR count). The average Bonchev–Trinajstić information content (AvgIpc) is 3.10. The number of rotatable bonds is 3. The molecule has 0 amide bonds. The Morgan fingerprint density at radius 1 is 1.37 bits per heavy atom. The maximum Gasteiger partial charge on any atom is 0.138 e. The van der Waals surface area contributed by atoms with Gasteiger partial charge in [0, 0.05) is 24.4 Å². The number of pyridine rings is 1. The van der Waals surface area contributed by atoms with E-state index in [1.165, 1.54) is 12.8 Å². The first-order valence-corrected chi connectivity index (χ1v) is 6.99. The van der Waals surface area contributed by atoms with Gasteiger partial charge in [-0.25, -0.2) is 9.97 Å². The Morgan fingerprint density at radius 3 is 3.00 bits per heavy atom. The fraction of sp³-hybridized carbons (Fsp3) is 0.467. The first-order valence-electron chi connectivity index (χ1n) is 6.99. The lowest BCUT2D eigenvalue weighted by atomic mass is 10.1. The lowest BCUT2D eigenvalue weighted by Crippen LogP contribution is -2.15. The van der Waals surface area contributed by atoms with Gasteiger partial charge < -0.3 is 5.32 Å². The van der Waals surface area contributed by atoms with E-state index in [1.54, 1.807) is 0 Å². The van der Waals surface area contributed by atoms with Crippen LogP contribution in [0.1, 0.15) is 50.2 Å². The number of hydrogen-bond acceptors (Lipinski definition) is 3. The maximum atomic E-state index is 4.80. The molecule has 2 aromatic heterocycles. The molecule has 1 atom stereocenters. The van der Waals surface area contributed by atoms with Crippen LogP contribution in [0.5, 0.6) is 0 Å². The van der Waals surface area contributed by atoms with Crippen molar-refractivity contribution in [2.75, 3.05) is 6.54 Å². The van der Waals surface area contributed by atoms with E-state index < -0.39 is 0 Å². The molecule has 0 bridgehead atoms. The number of aromatic nitrogens is 3. The van der Waals surface area contributed by atoms with Crippen LogP contribution in [-0.2, 0) is 0 Å². The Labute approximate surface area is 113 Å². The summed E-state index contributed by atoms with van der Waals surface area (Å²) in [5.74, 6) is 2.42. The van der Waals surface area contributed by atoms with Gasteiger partial charge in [0.2, 0.25) is 0 Å². The molecule has 0 saturated carbocycles. The Morgan fingerprint density at radius 2 is 2.26 bits per heavy atom. The molecular weight excluding hydrogens is 236 g/mol. The van der Waals surface area contributed by atoms with Crippen molar-refractivity contribution in [3.05, 3.63) is 42.1 Å². The third-order valence-corrected chi connectivity index (χ3v) is 3.61. The van der Waals surface area contributed by atoms with Gasteiger partial charge in [0.15, 0.2) is 0 Å². The Hall–Kier alpha value is -1.68. The summed E-state index contributed by atoms with van der Waals surface area (Å²) in [6, 6.07) is 6.65. The van der Waals surface area contributed by atoms with Gasteiger partial charge in [0.05, 0.1) is 5.69 Å². The molecule has 1 N–H and O–H groups in total. The second kappa shape index (κ2) is 5.13. The fourth-order valence-electron chi connectivity index (χ4n) is 2.64. The molecule has 3 heterocycles. The zero-order valence-electron chi connectivity index (χ0n) is 11.5. The third-order valence-electron chi connectivity index (χ3n) is 3.61. The van der Waals surface area contributed by atoms with Crippen LogP contribution >= 0.6 is 0 Å². The molecule has 4 nitrogen and oxygen atoms in total. The van der Waals surface area contributed by atoms with Gasteiger partial charge in [-0.05, 0) is 31.5 Å². The van der Waals surface area contributed by atoms with Crippen LogP contribution in [0.25, 0.3) is 5.82 Å².